The molecule has 31 heavy (non-hydrogen) atoms. The van der Waals surface area contributed by atoms with Gasteiger partial charge in [0.1, 0.15) is 0 Å². The third-order valence-electron chi connectivity index (χ3n) is 6.10. The van der Waals surface area contributed by atoms with Crippen molar-refractivity contribution in [2.75, 3.05) is 31.5 Å². The zero-order chi connectivity index (χ0) is 21.5. The molecule has 2 amide bonds. The van der Waals surface area contributed by atoms with Crippen LogP contribution in [0.4, 0.5) is 5.13 Å². The molecular weight excluding hydrogens is 408 g/mol. The van der Waals surface area contributed by atoms with Crippen LogP contribution in [0.25, 0.3) is 6.08 Å². The molecule has 2 fully saturated rings. The van der Waals surface area contributed by atoms with E-state index in [1.807, 2.05) is 40.6 Å². The van der Waals surface area contributed by atoms with Gasteiger partial charge in [0.15, 0.2) is 5.13 Å². The first-order valence-corrected chi connectivity index (χ1v) is 12.1. The van der Waals surface area contributed by atoms with Crippen LogP contribution in [0.2, 0.25) is 0 Å². The summed E-state index contributed by atoms with van der Waals surface area (Å²) in [5.41, 5.74) is 1.68. The number of benzene rings is 1. The van der Waals surface area contributed by atoms with E-state index in [2.05, 4.69) is 15.2 Å². The Morgan fingerprint density at radius 1 is 1.06 bits per heavy atom. The number of hydrogen-bond donors (Lipinski definition) is 1. The first kappa shape index (κ1) is 21.7. The molecule has 2 aromatic rings. The van der Waals surface area contributed by atoms with E-state index in [0.717, 1.165) is 31.7 Å². The van der Waals surface area contributed by atoms with Gasteiger partial charge in [0, 0.05) is 43.7 Å². The number of nitrogens with one attached hydrogen (secondary N) is 1. The van der Waals surface area contributed by atoms with Crippen molar-refractivity contribution in [1.29, 1.82) is 0 Å². The number of nitrogens with zero attached hydrogens (tertiary/aromatic N) is 3. The van der Waals surface area contributed by atoms with Crippen molar-refractivity contribution in [1.82, 2.24) is 14.8 Å². The van der Waals surface area contributed by atoms with Gasteiger partial charge in [-0.15, -0.1) is 11.3 Å². The maximum absolute atomic E-state index is 12.7. The number of hydrogen-bond acceptors (Lipinski definition) is 5. The molecule has 6 nitrogen and oxygen atoms in total. The van der Waals surface area contributed by atoms with Gasteiger partial charge in [0.2, 0.25) is 11.8 Å². The van der Waals surface area contributed by atoms with Crippen LogP contribution in [-0.4, -0.2) is 58.8 Å². The Morgan fingerprint density at radius 2 is 1.81 bits per heavy atom. The van der Waals surface area contributed by atoms with Gasteiger partial charge in [-0.25, -0.2) is 4.98 Å². The van der Waals surface area contributed by atoms with Gasteiger partial charge in [-0.2, -0.15) is 0 Å². The third kappa shape index (κ3) is 6.24. The quantitative estimate of drug-likeness (QED) is 0.697. The van der Waals surface area contributed by atoms with Gasteiger partial charge in [-0.05, 0) is 24.5 Å². The summed E-state index contributed by atoms with van der Waals surface area (Å²) in [5, 5.41) is 5.15. The molecule has 0 radical (unpaired) electrons. The van der Waals surface area contributed by atoms with Gasteiger partial charge in [0.25, 0.3) is 0 Å². The lowest BCUT2D eigenvalue weighted by molar-refractivity contribution is -0.132. The number of thiazole rings is 1. The smallest absolute Gasteiger partial charge is 0.250 e. The topological polar surface area (TPSA) is 65.5 Å². The summed E-state index contributed by atoms with van der Waals surface area (Å²) < 4.78 is 0. The first-order valence-electron chi connectivity index (χ1n) is 11.2. The fraction of sp³-hybridized carbons (Fsp3) is 0.458. The molecule has 2 heterocycles. The number of carbonyl (C=O) groups is 2. The SMILES string of the molecule is O=C(/C=C/c1ccccc1)Nc1nc(CC(=O)N2CCN(C3CCCCC3)CC2)cs1. The van der Waals surface area contributed by atoms with Gasteiger partial charge in [-0.3, -0.25) is 19.8 Å². The second kappa shape index (κ2) is 10.7. The molecule has 0 unspecified atom stereocenters. The molecule has 4 rings (SSSR count). The normalized spacial score (nSPS) is 18.4. The highest BCUT2D eigenvalue weighted by Crippen LogP contribution is 2.24. The van der Waals surface area contributed by atoms with Crippen LogP contribution in [0.3, 0.4) is 0 Å². The maximum Gasteiger partial charge on any atom is 0.250 e. The van der Waals surface area contributed by atoms with E-state index in [9.17, 15) is 9.59 Å². The van der Waals surface area contributed by atoms with E-state index in [4.69, 9.17) is 0 Å². The fourth-order valence-electron chi connectivity index (χ4n) is 4.38. The molecular formula is C24H30N4O2S. The highest BCUT2D eigenvalue weighted by molar-refractivity contribution is 7.14. The Hall–Kier alpha value is -2.51. The van der Waals surface area contributed by atoms with Crippen molar-refractivity contribution in [3.63, 3.8) is 0 Å². The average molecular weight is 439 g/mol. The highest BCUT2D eigenvalue weighted by atomic mass is 32.1. The number of amides is 2. The number of aromatic nitrogens is 1. The Labute approximate surface area is 188 Å². The molecule has 2 aliphatic rings. The Bertz CT molecular complexity index is 897. The van der Waals surface area contributed by atoms with Gasteiger partial charge in [0.05, 0.1) is 12.1 Å². The van der Waals surface area contributed by atoms with Crippen molar-refractivity contribution in [3.8, 4) is 0 Å². The van der Waals surface area contributed by atoms with Crippen LogP contribution in [0.1, 0.15) is 43.4 Å². The van der Waals surface area contributed by atoms with Gasteiger partial charge >= 0.3 is 0 Å². The summed E-state index contributed by atoms with van der Waals surface area (Å²) >= 11 is 1.35. The van der Waals surface area contributed by atoms with Crippen LogP contribution in [0, 0.1) is 0 Å². The molecule has 0 bridgehead atoms. The summed E-state index contributed by atoms with van der Waals surface area (Å²) in [4.78, 5) is 33.8. The second-order valence-electron chi connectivity index (χ2n) is 8.26. The summed E-state index contributed by atoms with van der Waals surface area (Å²) in [6.45, 7) is 3.55. The minimum Gasteiger partial charge on any atom is -0.340 e. The molecule has 1 aromatic carbocycles. The molecule has 1 aromatic heterocycles. The Balaban J connectivity index is 1.23. The van der Waals surface area contributed by atoms with Crippen LogP contribution < -0.4 is 5.32 Å². The summed E-state index contributed by atoms with van der Waals surface area (Å²) in [6.07, 6.45) is 10.2. The van der Waals surface area contributed by atoms with Crippen molar-refractivity contribution in [2.24, 2.45) is 0 Å². The Morgan fingerprint density at radius 3 is 2.55 bits per heavy atom. The number of anilines is 1. The lowest BCUT2D eigenvalue weighted by Crippen LogP contribution is -2.52. The summed E-state index contributed by atoms with van der Waals surface area (Å²) in [6, 6.07) is 10.4. The zero-order valence-electron chi connectivity index (χ0n) is 17.8. The van der Waals surface area contributed by atoms with Crippen LogP contribution in [-0.2, 0) is 16.0 Å². The van der Waals surface area contributed by atoms with E-state index in [1.165, 1.54) is 49.5 Å². The van der Waals surface area contributed by atoms with Crippen molar-refractivity contribution in [3.05, 3.63) is 53.0 Å². The van der Waals surface area contributed by atoms with Crippen LogP contribution in [0.5, 0.6) is 0 Å². The van der Waals surface area contributed by atoms with E-state index in [-0.39, 0.29) is 18.2 Å². The monoisotopic (exact) mass is 438 g/mol. The van der Waals surface area contributed by atoms with E-state index < -0.39 is 0 Å². The first-order chi connectivity index (χ1) is 15.2. The fourth-order valence-corrected chi connectivity index (χ4v) is 5.09. The summed E-state index contributed by atoms with van der Waals surface area (Å²) in [7, 11) is 0. The average Bonchev–Trinajstić information content (AvgIpc) is 3.25. The lowest BCUT2D eigenvalue weighted by atomic mass is 9.94. The molecule has 1 aliphatic carbocycles. The van der Waals surface area contributed by atoms with Gasteiger partial charge < -0.3 is 4.90 Å². The lowest BCUT2D eigenvalue weighted by Gasteiger charge is -2.40. The number of piperazine rings is 1. The standard InChI is InChI=1S/C24H30N4O2S/c29-22(12-11-19-7-3-1-4-8-19)26-24-25-20(18-31-24)17-23(30)28-15-13-27(14-16-28)21-9-5-2-6-10-21/h1,3-4,7-8,11-12,18,21H,2,5-6,9-10,13-17H2,(H,25,26,29)/b12-11+. The predicted octanol–water partition coefficient (Wildman–Crippen LogP) is 3.81. The number of rotatable bonds is 6. The third-order valence-corrected chi connectivity index (χ3v) is 6.91. The van der Waals surface area contributed by atoms with E-state index >= 15 is 0 Å². The molecule has 0 atom stereocenters. The minimum atomic E-state index is -0.227. The van der Waals surface area contributed by atoms with Gasteiger partial charge in [-0.1, -0.05) is 49.6 Å². The predicted molar refractivity (Wildman–Crippen MR) is 125 cm³/mol. The zero-order valence-corrected chi connectivity index (χ0v) is 18.7. The molecule has 1 saturated heterocycles. The van der Waals surface area contributed by atoms with E-state index in [0.29, 0.717) is 16.9 Å². The maximum atomic E-state index is 12.7. The second-order valence-corrected chi connectivity index (χ2v) is 9.12. The Kier molecular flexibility index (Phi) is 7.48. The minimum absolute atomic E-state index is 0.121. The number of carbonyl (C=O) groups excluding carboxylic acids is 2. The summed E-state index contributed by atoms with van der Waals surface area (Å²) in [5.74, 6) is -0.106. The van der Waals surface area contributed by atoms with Crippen molar-refractivity contribution >= 4 is 34.4 Å². The largest absolute Gasteiger partial charge is 0.340 e. The molecule has 1 aliphatic heterocycles. The highest BCUT2D eigenvalue weighted by Gasteiger charge is 2.27. The van der Waals surface area contributed by atoms with Crippen LogP contribution in [0.15, 0.2) is 41.8 Å². The molecule has 164 valence electrons. The molecule has 7 heteroatoms. The molecule has 1 saturated carbocycles. The molecule has 1 N–H and O–H groups in total. The van der Waals surface area contributed by atoms with E-state index in [1.54, 1.807) is 6.08 Å². The molecule has 0 spiro atoms. The van der Waals surface area contributed by atoms with Crippen LogP contribution >= 0.6 is 11.3 Å². The van der Waals surface area contributed by atoms with Crippen molar-refractivity contribution in [2.45, 2.75) is 44.6 Å². The van der Waals surface area contributed by atoms with Crippen molar-refractivity contribution < 1.29 is 9.59 Å².